The van der Waals surface area contributed by atoms with E-state index >= 15 is 0 Å². The van der Waals surface area contributed by atoms with Crippen molar-refractivity contribution in [3.8, 4) is 33.8 Å². The van der Waals surface area contributed by atoms with Gasteiger partial charge in [-0.05, 0) is 118 Å². The second-order valence-electron chi connectivity index (χ2n) is 15.6. The minimum absolute atomic E-state index is 0.382. The fourth-order valence-electron chi connectivity index (χ4n) is 9.13. The summed E-state index contributed by atoms with van der Waals surface area (Å²) in [5, 5.41) is 4.78. The first kappa shape index (κ1) is 34.9. The van der Waals surface area contributed by atoms with E-state index in [4.69, 9.17) is 4.74 Å². The molecule has 0 radical (unpaired) electrons. The third-order valence-electron chi connectivity index (χ3n) is 12.0. The number of allylic oxidation sites excluding steroid dienone is 8. The Morgan fingerprint density at radius 3 is 1.98 bits per heavy atom. The number of hydrogen-bond donors (Lipinski definition) is 0. The number of para-hydroxylation sites is 1. The van der Waals surface area contributed by atoms with E-state index in [-0.39, 0.29) is 0 Å². The van der Waals surface area contributed by atoms with Gasteiger partial charge < -0.3 is 14.5 Å². The first-order chi connectivity index (χ1) is 29.2. The largest absolute Gasteiger partial charge is 0.456 e. The van der Waals surface area contributed by atoms with E-state index in [0.717, 1.165) is 75.5 Å². The molecule has 3 nitrogen and oxygen atoms in total. The molecule has 0 saturated heterocycles. The molecule has 3 heteroatoms. The fraction of sp³-hybridized carbons (Fsp3) is 0.0714. The Balaban J connectivity index is 1.02. The zero-order valence-electron chi connectivity index (χ0n) is 32.7. The van der Waals surface area contributed by atoms with Crippen LogP contribution < -0.4 is 14.5 Å². The van der Waals surface area contributed by atoms with Gasteiger partial charge in [0.1, 0.15) is 11.5 Å². The van der Waals surface area contributed by atoms with Crippen LogP contribution in [0.3, 0.4) is 0 Å². The van der Waals surface area contributed by atoms with Crippen LogP contribution in [0.5, 0.6) is 11.5 Å². The average molecular weight is 759 g/mol. The summed E-state index contributed by atoms with van der Waals surface area (Å²) >= 11 is 0. The first-order valence-electron chi connectivity index (χ1n) is 20.7. The lowest BCUT2D eigenvalue weighted by Crippen LogP contribution is -2.17. The van der Waals surface area contributed by atoms with E-state index < -0.39 is 0 Å². The topological polar surface area (TPSA) is 15.7 Å². The van der Waals surface area contributed by atoms with Crippen LogP contribution >= 0.6 is 0 Å². The molecule has 282 valence electrons. The van der Waals surface area contributed by atoms with Crippen molar-refractivity contribution in [1.29, 1.82) is 0 Å². The van der Waals surface area contributed by atoms with Crippen molar-refractivity contribution in [3.63, 3.8) is 0 Å². The van der Waals surface area contributed by atoms with Gasteiger partial charge in [0, 0.05) is 57.4 Å². The van der Waals surface area contributed by atoms with Gasteiger partial charge in [-0.15, -0.1) is 0 Å². The second-order valence-corrected chi connectivity index (χ2v) is 15.6. The molecule has 0 fully saturated rings. The summed E-state index contributed by atoms with van der Waals surface area (Å²) in [6, 6.07) is 61.8. The van der Waals surface area contributed by atoms with E-state index in [1.54, 1.807) is 0 Å². The molecule has 0 spiro atoms. The Kier molecular flexibility index (Phi) is 8.78. The molecule has 0 aromatic heterocycles. The van der Waals surface area contributed by atoms with Gasteiger partial charge in [-0.25, -0.2) is 0 Å². The molecule has 11 rings (SSSR count). The molecule has 1 atom stereocenters. The van der Waals surface area contributed by atoms with E-state index in [9.17, 15) is 0 Å². The average Bonchev–Trinajstić information content (AvgIpc) is 3.30. The maximum Gasteiger partial charge on any atom is 0.138 e. The van der Waals surface area contributed by atoms with Crippen molar-refractivity contribution in [2.45, 2.75) is 25.2 Å². The minimum atomic E-state index is 0.382. The molecule has 8 aromatic carbocycles. The Morgan fingerprint density at radius 1 is 0.475 bits per heavy atom. The summed E-state index contributed by atoms with van der Waals surface area (Å²) in [5.74, 6) is 2.10. The maximum atomic E-state index is 7.04. The summed E-state index contributed by atoms with van der Waals surface area (Å²) < 4.78 is 7.04. The lowest BCUT2D eigenvalue weighted by atomic mass is 9.92. The van der Waals surface area contributed by atoms with E-state index in [0.29, 0.717) is 5.92 Å². The number of anilines is 5. The Hall–Kier alpha value is -7.36. The van der Waals surface area contributed by atoms with Crippen molar-refractivity contribution in [2.75, 3.05) is 9.80 Å². The zero-order chi connectivity index (χ0) is 39.1. The summed E-state index contributed by atoms with van der Waals surface area (Å²) in [6.07, 6.45) is 18.5. The quantitative estimate of drug-likeness (QED) is 0.153. The number of nitrogens with zero attached hydrogens (tertiary/aromatic N) is 2. The van der Waals surface area contributed by atoms with Crippen molar-refractivity contribution < 1.29 is 4.74 Å². The van der Waals surface area contributed by atoms with E-state index in [2.05, 4.69) is 222 Å². The number of ether oxygens (including phenoxy) is 1. The van der Waals surface area contributed by atoms with Crippen molar-refractivity contribution >= 4 is 50.0 Å². The van der Waals surface area contributed by atoms with Gasteiger partial charge in [-0.2, -0.15) is 0 Å². The van der Waals surface area contributed by atoms with Crippen LogP contribution in [-0.4, -0.2) is 0 Å². The van der Waals surface area contributed by atoms with Gasteiger partial charge in [-0.1, -0.05) is 140 Å². The standard InChI is InChI=1S/C56H42N2O/c1-4-14-39(15-5-1)40-26-30-46(31-27-40)58(47-32-28-42(29-33-47)51-24-12-17-41-16-10-11-23-50(41)51)49-36-43-18-13-25-53-52-35-34-48(37-54(52)59-55(38-49)56(43)53)57(44-19-6-2-7-20-44)45-21-8-3-9-22-45/h1-8,10-14,16-21,23-39H,9,15,22H2. The number of rotatable bonds is 8. The van der Waals surface area contributed by atoms with Gasteiger partial charge >= 0.3 is 0 Å². The molecule has 0 amide bonds. The maximum absolute atomic E-state index is 7.04. The molecule has 0 N–H and O–H groups in total. The summed E-state index contributed by atoms with van der Waals surface area (Å²) in [6.45, 7) is 0. The molecule has 0 saturated carbocycles. The Morgan fingerprint density at radius 2 is 1.19 bits per heavy atom. The zero-order valence-corrected chi connectivity index (χ0v) is 32.7. The van der Waals surface area contributed by atoms with Crippen LogP contribution in [0.15, 0.2) is 218 Å². The van der Waals surface area contributed by atoms with Gasteiger partial charge in [0.15, 0.2) is 0 Å². The molecule has 1 aliphatic heterocycles. The summed E-state index contributed by atoms with van der Waals surface area (Å²) in [4.78, 5) is 4.73. The fourth-order valence-corrected chi connectivity index (χ4v) is 9.13. The van der Waals surface area contributed by atoms with Gasteiger partial charge in [-0.3, -0.25) is 0 Å². The Labute approximate surface area is 345 Å². The van der Waals surface area contributed by atoms with E-state index in [1.165, 1.54) is 38.7 Å². The van der Waals surface area contributed by atoms with E-state index in [1.807, 2.05) is 0 Å². The SMILES string of the molecule is C1=CCCC(N(c2ccccc2)c2ccc3c(c2)Oc2cc(N(c4ccc(-c5cccc6ccccc56)cc4)c4ccc(C5C=CC=CC5)cc4)cc4cccc-3c24)=C1. The predicted molar refractivity (Wildman–Crippen MR) is 248 cm³/mol. The first-order valence-corrected chi connectivity index (χ1v) is 20.7. The van der Waals surface area contributed by atoms with Gasteiger partial charge in [0.25, 0.3) is 0 Å². The highest BCUT2D eigenvalue weighted by Crippen LogP contribution is 2.51. The normalized spacial score (nSPS) is 15.1. The van der Waals surface area contributed by atoms with Crippen LogP contribution in [0, 0.1) is 0 Å². The van der Waals surface area contributed by atoms with Crippen LogP contribution in [0.25, 0.3) is 43.8 Å². The van der Waals surface area contributed by atoms with Crippen LogP contribution in [0.1, 0.15) is 30.7 Å². The molecule has 3 aliphatic rings. The highest BCUT2D eigenvalue weighted by Gasteiger charge is 2.25. The monoisotopic (exact) mass is 758 g/mol. The molecule has 0 bridgehead atoms. The summed E-state index contributed by atoms with van der Waals surface area (Å²) in [5.41, 5.74) is 12.7. The lowest BCUT2D eigenvalue weighted by molar-refractivity contribution is 0.487. The molecule has 1 heterocycles. The molecule has 1 unspecified atom stereocenters. The Bertz CT molecular complexity index is 2990. The number of hydrogen-bond acceptors (Lipinski definition) is 3. The van der Waals surface area contributed by atoms with Gasteiger partial charge in [0.2, 0.25) is 0 Å². The van der Waals surface area contributed by atoms with Crippen molar-refractivity contribution in [1.82, 2.24) is 0 Å². The van der Waals surface area contributed by atoms with Crippen LogP contribution in [0.4, 0.5) is 28.4 Å². The minimum Gasteiger partial charge on any atom is -0.456 e. The van der Waals surface area contributed by atoms with Crippen LogP contribution in [0.2, 0.25) is 0 Å². The smallest absolute Gasteiger partial charge is 0.138 e. The predicted octanol–water partition coefficient (Wildman–Crippen LogP) is 15.9. The second kappa shape index (κ2) is 14.9. The molecule has 8 aromatic rings. The lowest BCUT2D eigenvalue weighted by Gasteiger charge is -2.31. The highest BCUT2D eigenvalue weighted by atomic mass is 16.5. The van der Waals surface area contributed by atoms with Gasteiger partial charge in [0.05, 0.1) is 5.69 Å². The highest BCUT2D eigenvalue weighted by molar-refractivity contribution is 6.06. The molecule has 59 heavy (non-hydrogen) atoms. The number of benzene rings is 8. The molecular formula is C56H42N2O. The molecule has 2 aliphatic carbocycles. The van der Waals surface area contributed by atoms with Crippen molar-refractivity contribution in [3.05, 3.63) is 224 Å². The third-order valence-corrected chi connectivity index (χ3v) is 12.0. The van der Waals surface area contributed by atoms with Crippen molar-refractivity contribution in [2.24, 2.45) is 0 Å². The third kappa shape index (κ3) is 6.42. The number of fused-ring (bicyclic) bond motifs is 3. The van der Waals surface area contributed by atoms with Crippen LogP contribution in [-0.2, 0) is 0 Å². The summed E-state index contributed by atoms with van der Waals surface area (Å²) in [7, 11) is 0. The molecular weight excluding hydrogens is 717 g/mol.